The molecule has 1 fully saturated rings. The van der Waals surface area contributed by atoms with Gasteiger partial charge >= 0.3 is 5.97 Å². The van der Waals surface area contributed by atoms with Crippen molar-refractivity contribution < 1.29 is 18.7 Å². The fourth-order valence-electron chi connectivity index (χ4n) is 2.77. The fraction of sp³-hybridized carbons (Fsp3) is 0.368. The molecular weight excluding hydrogens is 320 g/mol. The summed E-state index contributed by atoms with van der Waals surface area (Å²) in [6.07, 6.45) is 2.34. The Balaban J connectivity index is 1.66. The van der Waals surface area contributed by atoms with Crippen LogP contribution in [0.15, 0.2) is 40.8 Å². The number of carbonyl (C=O) groups excluding carboxylic acids is 2. The second kappa shape index (κ2) is 7.53. The van der Waals surface area contributed by atoms with Crippen LogP contribution in [0.2, 0.25) is 0 Å². The lowest BCUT2D eigenvalue weighted by Gasteiger charge is -2.21. The molecule has 6 heteroatoms. The monoisotopic (exact) mass is 342 g/mol. The Morgan fingerprint density at radius 2 is 1.88 bits per heavy atom. The van der Waals surface area contributed by atoms with Crippen molar-refractivity contribution in [3.8, 4) is 0 Å². The van der Waals surface area contributed by atoms with Crippen LogP contribution in [0.1, 0.15) is 45.1 Å². The molecule has 25 heavy (non-hydrogen) atoms. The van der Waals surface area contributed by atoms with E-state index in [2.05, 4.69) is 15.0 Å². The van der Waals surface area contributed by atoms with Gasteiger partial charge in [-0.05, 0) is 42.7 Å². The van der Waals surface area contributed by atoms with Crippen LogP contribution < -0.4 is 5.32 Å². The summed E-state index contributed by atoms with van der Waals surface area (Å²) < 4.78 is 10.2. The van der Waals surface area contributed by atoms with E-state index >= 15 is 0 Å². The number of carbonyl (C=O) groups is 2. The number of furan rings is 1. The van der Waals surface area contributed by atoms with Gasteiger partial charge < -0.3 is 14.5 Å². The van der Waals surface area contributed by atoms with Gasteiger partial charge in [0.05, 0.1) is 13.7 Å². The van der Waals surface area contributed by atoms with Crippen LogP contribution in [0.5, 0.6) is 0 Å². The number of nitrogens with one attached hydrogen (secondary N) is 1. The maximum atomic E-state index is 11.6. The number of methoxy groups -OCH3 is 1. The molecule has 0 spiro atoms. The third-order valence-electron chi connectivity index (χ3n) is 4.30. The molecule has 1 amide bonds. The molecule has 1 N–H and O–H groups in total. The van der Waals surface area contributed by atoms with Crippen molar-refractivity contribution in [3.05, 3.63) is 59.0 Å². The van der Waals surface area contributed by atoms with Crippen LogP contribution in [0.25, 0.3) is 0 Å². The minimum atomic E-state index is -0.464. The van der Waals surface area contributed by atoms with Crippen molar-refractivity contribution in [1.29, 1.82) is 0 Å². The van der Waals surface area contributed by atoms with E-state index in [1.54, 1.807) is 13.1 Å². The number of amides is 1. The number of hydrogen-bond donors (Lipinski definition) is 1. The highest BCUT2D eigenvalue weighted by Gasteiger charge is 2.29. The Kier molecular flexibility index (Phi) is 5.19. The lowest BCUT2D eigenvalue weighted by Crippen LogP contribution is -2.25. The molecule has 1 aliphatic carbocycles. The van der Waals surface area contributed by atoms with Gasteiger partial charge in [0.2, 0.25) is 5.76 Å². The molecule has 0 aliphatic heterocycles. The summed E-state index contributed by atoms with van der Waals surface area (Å²) in [5.74, 6) is 0.419. The smallest absolute Gasteiger partial charge is 0.373 e. The normalized spacial score (nSPS) is 13.7. The third kappa shape index (κ3) is 4.28. The van der Waals surface area contributed by atoms with Crippen molar-refractivity contribution in [2.75, 3.05) is 14.2 Å². The first-order valence-corrected chi connectivity index (χ1v) is 8.33. The van der Waals surface area contributed by atoms with Gasteiger partial charge in [-0.3, -0.25) is 9.69 Å². The van der Waals surface area contributed by atoms with E-state index in [0.717, 1.165) is 17.9 Å². The minimum absolute atomic E-state index is 0.0866. The van der Waals surface area contributed by atoms with Crippen LogP contribution in [-0.2, 0) is 17.8 Å². The average Bonchev–Trinajstić information content (AvgIpc) is 3.39. The van der Waals surface area contributed by atoms with Crippen LogP contribution in [-0.4, -0.2) is 37.0 Å². The van der Waals surface area contributed by atoms with Crippen LogP contribution >= 0.6 is 0 Å². The minimum Gasteiger partial charge on any atom is -0.463 e. The maximum absolute atomic E-state index is 11.6. The zero-order valence-electron chi connectivity index (χ0n) is 14.5. The zero-order valence-corrected chi connectivity index (χ0v) is 14.5. The lowest BCUT2D eigenvalue weighted by molar-refractivity contribution is 0.0560. The van der Waals surface area contributed by atoms with Gasteiger partial charge in [0.15, 0.2) is 0 Å². The third-order valence-corrected chi connectivity index (χ3v) is 4.30. The molecule has 0 atom stereocenters. The van der Waals surface area contributed by atoms with Crippen molar-refractivity contribution in [2.45, 2.75) is 32.0 Å². The van der Waals surface area contributed by atoms with Gasteiger partial charge in [0.25, 0.3) is 5.91 Å². The summed E-state index contributed by atoms with van der Waals surface area (Å²) in [4.78, 5) is 25.4. The van der Waals surface area contributed by atoms with E-state index < -0.39 is 5.97 Å². The predicted octanol–water partition coefficient (Wildman–Crippen LogP) is 2.59. The molecule has 0 bridgehead atoms. The standard InChI is InChI=1S/C19H22N2O4/c1-20-18(22)14-5-3-13(4-6-14)11-21(15-7-8-15)12-16-9-10-17(25-16)19(23)24-2/h3-6,9-10,15H,7-8,11-12H2,1-2H3,(H,20,22). The summed E-state index contributed by atoms with van der Waals surface area (Å²) in [5, 5.41) is 2.62. The second-order valence-corrected chi connectivity index (χ2v) is 6.17. The summed E-state index contributed by atoms with van der Waals surface area (Å²) in [5.41, 5.74) is 1.79. The van der Waals surface area contributed by atoms with Crippen molar-refractivity contribution in [1.82, 2.24) is 10.2 Å². The summed E-state index contributed by atoms with van der Waals surface area (Å²) >= 11 is 0. The van der Waals surface area contributed by atoms with Crippen molar-refractivity contribution in [3.63, 3.8) is 0 Å². The summed E-state index contributed by atoms with van der Waals surface area (Å²) in [6.45, 7) is 1.41. The van der Waals surface area contributed by atoms with Crippen LogP contribution in [0.3, 0.4) is 0 Å². The predicted molar refractivity (Wildman–Crippen MR) is 92.1 cm³/mol. The number of hydrogen-bond acceptors (Lipinski definition) is 5. The second-order valence-electron chi connectivity index (χ2n) is 6.17. The van der Waals surface area contributed by atoms with Gasteiger partial charge in [-0.2, -0.15) is 0 Å². The number of ether oxygens (including phenoxy) is 1. The van der Waals surface area contributed by atoms with E-state index in [1.165, 1.54) is 20.0 Å². The Morgan fingerprint density at radius 3 is 2.48 bits per heavy atom. The van der Waals surface area contributed by atoms with E-state index in [9.17, 15) is 9.59 Å². The van der Waals surface area contributed by atoms with Crippen LogP contribution in [0.4, 0.5) is 0 Å². The quantitative estimate of drug-likeness (QED) is 0.783. The highest BCUT2D eigenvalue weighted by Crippen LogP contribution is 2.30. The molecule has 0 radical (unpaired) electrons. The van der Waals surface area contributed by atoms with E-state index in [-0.39, 0.29) is 11.7 Å². The number of esters is 1. The molecule has 1 saturated carbocycles. The Morgan fingerprint density at radius 1 is 1.16 bits per heavy atom. The molecule has 1 heterocycles. The molecule has 1 aromatic heterocycles. The Labute approximate surface area is 146 Å². The molecular formula is C19H22N2O4. The zero-order chi connectivity index (χ0) is 17.8. The average molecular weight is 342 g/mol. The number of rotatable bonds is 7. The lowest BCUT2D eigenvalue weighted by atomic mass is 10.1. The van der Waals surface area contributed by atoms with Crippen molar-refractivity contribution in [2.24, 2.45) is 0 Å². The van der Waals surface area contributed by atoms with Crippen LogP contribution in [0, 0.1) is 0 Å². The highest BCUT2D eigenvalue weighted by atomic mass is 16.5. The molecule has 3 rings (SSSR count). The topological polar surface area (TPSA) is 71.8 Å². The molecule has 0 unspecified atom stereocenters. The van der Waals surface area contributed by atoms with Gasteiger partial charge in [-0.25, -0.2) is 4.79 Å². The van der Waals surface area contributed by atoms with Gasteiger partial charge in [-0.1, -0.05) is 12.1 Å². The van der Waals surface area contributed by atoms with E-state index in [0.29, 0.717) is 18.2 Å². The van der Waals surface area contributed by atoms with E-state index in [4.69, 9.17) is 4.42 Å². The molecule has 2 aromatic rings. The highest BCUT2D eigenvalue weighted by molar-refractivity contribution is 5.93. The summed E-state index contributed by atoms with van der Waals surface area (Å²) in [6, 6.07) is 11.6. The maximum Gasteiger partial charge on any atom is 0.373 e. The van der Waals surface area contributed by atoms with Gasteiger partial charge in [0.1, 0.15) is 5.76 Å². The SMILES string of the molecule is CNC(=O)c1ccc(CN(Cc2ccc(C(=O)OC)o2)C2CC2)cc1. The Hall–Kier alpha value is -2.60. The number of benzene rings is 1. The van der Waals surface area contributed by atoms with E-state index in [1.807, 2.05) is 30.3 Å². The van der Waals surface area contributed by atoms with Gasteiger partial charge in [0, 0.05) is 25.2 Å². The first-order chi connectivity index (χ1) is 12.1. The fourth-order valence-corrected chi connectivity index (χ4v) is 2.77. The molecule has 132 valence electrons. The number of nitrogens with zero attached hydrogens (tertiary/aromatic N) is 1. The molecule has 1 aromatic carbocycles. The van der Waals surface area contributed by atoms with Crippen molar-refractivity contribution >= 4 is 11.9 Å². The molecule has 1 aliphatic rings. The molecule has 0 saturated heterocycles. The Bertz CT molecular complexity index is 747. The summed E-state index contributed by atoms with van der Waals surface area (Å²) in [7, 11) is 2.96. The largest absolute Gasteiger partial charge is 0.463 e. The first kappa shape index (κ1) is 17.2. The van der Waals surface area contributed by atoms with Gasteiger partial charge in [-0.15, -0.1) is 0 Å². The molecule has 6 nitrogen and oxygen atoms in total. The first-order valence-electron chi connectivity index (χ1n) is 8.33.